The smallest absolute Gasteiger partial charge is 0.352 e. The highest BCUT2D eigenvalue weighted by Gasteiger charge is 2.27. The van der Waals surface area contributed by atoms with Crippen molar-refractivity contribution in [1.29, 1.82) is 0 Å². The molecule has 1 aromatic heterocycles. The van der Waals surface area contributed by atoms with Crippen molar-refractivity contribution in [1.82, 2.24) is 14.8 Å². The topological polar surface area (TPSA) is 80.0 Å². The maximum Gasteiger partial charge on any atom is 0.352 e. The molecule has 0 spiro atoms. The van der Waals surface area contributed by atoms with Gasteiger partial charge in [-0.2, -0.15) is 10.1 Å². The summed E-state index contributed by atoms with van der Waals surface area (Å²) in [5, 5.41) is 15.5. The molecule has 8 heteroatoms. The van der Waals surface area contributed by atoms with Gasteiger partial charge in [-0.05, 0) is 24.3 Å². The predicted octanol–water partition coefficient (Wildman–Crippen LogP) is 1.54. The molecule has 1 aliphatic heterocycles. The van der Waals surface area contributed by atoms with Crippen molar-refractivity contribution >= 4 is 11.9 Å². The van der Waals surface area contributed by atoms with Gasteiger partial charge in [0.05, 0.1) is 0 Å². The van der Waals surface area contributed by atoms with Gasteiger partial charge in [0, 0.05) is 5.56 Å². The van der Waals surface area contributed by atoms with Crippen molar-refractivity contribution in [2.45, 2.75) is 6.04 Å². The molecule has 0 saturated heterocycles. The number of hydrogen-bond acceptors (Lipinski definition) is 4. The Kier molecular flexibility index (Phi) is 2.70. The van der Waals surface area contributed by atoms with Crippen LogP contribution in [0.5, 0.6) is 0 Å². The van der Waals surface area contributed by atoms with Crippen LogP contribution in [0.2, 0.25) is 0 Å². The summed E-state index contributed by atoms with van der Waals surface area (Å²) in [5.41, 5.74) is -0.184. The van der Waals surface area contributed by atoms with Gasteiger partial charge >= 0.3 is 5.97 Å². The molecule has 6 nitrogen and oxygen atoms in total. The Morgan fingerprint density at radius 2 is 2.20 bits per heavy atom. The number of anilines is 1. The lowest BCUT2D eigenvalue weighted by Gasteiger charge is -2.22. The maximum atomic E-state index is 13.9. The zero-order valence-electron chi connectivity index (χ0n) is 9.92. The molecule has 1 aliphatic rings. The molecule has 0 amide bonds. The lowest BCUT2D eigenvalue weighted by atomic mass is 10.0. The second-order valence-corrected chi connectivity index (χ2v) is 4.15. The van der Waals surface area contributed by atoms with E-state index in [1.54, 1.807) is 0 Å². The molecule has 0 unspecified atom stereocenters. The molecular formula is C12H8F2N4O2. The quantitative estimate of drug-likeness (QED) is 0.871. The van der Waals surface area contributed by atoms with E-state index in [9.17, 15) is 13.6 Å². The van der Waals surface area contributed by atoms with Crippen LogP contribution in [-0.4, -0.2) is 25.8 Å². The Morgan fingerprint density at radius 3 is 2.95 bits per heavy atom. The van der Waals surface area contributed by atoms with E-state index in [0.717, 1.165) is 18.2 Å². The van der Waals surface area contributed by atoms with E-state index in [-0.39, 0.29) is 17.2 Å². The van der Waals surface area contributed by atoms with E-state index in [0.29, 0.717) is 0 Å². The zero-order chi connectivity index (χ0) is 14.3. The Hall–Kier alpha value is -2.77. The Labute approximate surface area is 111 Å². The molecule has 3 rings (SSSR count). The molecule has 20 heavy (non-hydrogen) atoms. The zero-order valence-corrected chi connectivity index (χ0v) is 9.92. The van der Waals surface area contributed by atoms with Crippen molar-refractivity contribution < 1.29 is 18.7 Å². The predicted molar refractivity (Wildman–Crippen MR) is 63.9 cm³/mol. The van der Waals surface area contributed by atoms with E-state index >= 15 is 0 Å². The molecule has 0 fully saturated rings. The summed E-state index contributed by atoms with van der Waals surface area (Å²) in [7, 11) is 0. The van der Waals surface area contributed by atoms with E-state index < -0.39 is 23.6 Å². The van der Waals surface area contributed by atoms with Gasteiger partial charge in [0.1, 0.15) is 29.7 Å². The van der Waals surface area contributed by atoms with Crippen LogP contribution >= 0.6 is 0 Å². The number of allylic oxidation sites excluding steroid dienone is 1. The van der Waals surface area contributed by atoms with Crippen molar-refractivity contribution in [3.8, 4) is 0 Å². The first-order chi connectivity index (χ1) is 9.56. The fourth-order valence-corrected chi connectivity index (χ4v) is 2.02. The average molecular weight is 278 g/mol. The number of rotatable bonds is 2. The largest absolute Gasteiger partial charge is 0.477 e. The third kappa shape index (κ3) is 1.91. The third-order valence-corrected chi connectivity index (χ3v) is 2.91. The first kappa shape index (κ1) is 12.3. The molecule has 2 N–H and O–H groups in total. The van der Waals surface area contributed by atoms with Crippen LogP contribution in [-0.2, 0) is 4.79 Å². The SMILES string of the molecule is O=C(O)C1=C[C@H](c2cc(F)ccc2F)n2ncnc2N1. The molecule has 0 radical (unpaired) electrons. The highest BCUT2D eigenvalue weighted by Crippen LogP contribution is 2.30. The lowest BCUT2D eigenvalue weighted by Crippen LogP contribution is -2.25. The van der Waals surface area contributed by atoms with Gasteiger partial charge in [-0.25, -0.2) is 18.3 Å². The van der Waals surface area contributed by atoms with Gasteiger partial charge in [0.25, 0.3) is 0 Å². The number of aromatic nitrogens is 3. The normalized spacial score (nSPS) is 17.1. The number of fused-ring (bicyclic) bond motifs is 1. The summed E-state index contributed by atoms with van der Waals surface area (Å²) >= 11 is 0. The minimum Gasteiger partial charge on any atom is -0.477 e. The molecule has 0 saturated carbocycles. The van der Waals surface area contributed by atoms with Crippen LogP contribution in [0, 0.1) is 11.6 Å². The number of carboxylic acids is 1. The summed E-state index contributed by atoms with van der Waals surface area (Å²) in [6.45, 7) is 0. The van der Waals surface area contributed by atoms with Crippen LogP contribution in [0.1, 0.15) is 11.6 Å². The Morgan fingerprint density at radius 1 is 1.40 bits per heavy atom. The molecule has 1 aromatic carbocycles. The highest BCUT2D eigenvalue weighted by molar-refractivity contribution is 5.90. The van der Waals surface area contributed by atoms with Crippen molar-refractivity contribution in [2.24, 2.45) is 0 Å². The number of carboxylic acid groups (broad SMARTS) is 1. The van der Waals surface area contributed by atoms with E-state index in [1.165, 1.54) is 17.1 Å². The summed E-state index contributed by atoms with van der Waals surface area (Å²) in [6, 6.07) is 2.10. The van der Waals surface area contributed by atoms with E-state index in [2.05, 4.69) is 15.4 Å². The molecule has 1 atom stereocenters. The number of halogens is 2. The number of benzene rings is 1. The summed E-state index contributed by atoms with van der Waals surface area (Å²) in [4.78, 5) is 14.9. The van der Waals surface area contributed by atoms with Gasteiger partial charge in [-0.3, -0.25) is 0 Å². The number of hydrogen-bond donors (Lipinski definition) is 2. The van der Waals surface area contributed by atoms with Gasteiger partial charge in [-0.1, -0.05) is 0 Å². The second-order valence-electron chi connectivity index (χ2n) is 4.15. The first-order valence-electron chi connectivity index (χ1n) is 5.63. The monoisotopic (exact) mass is 278 g/mol. The average Bonchev–Trinajstić information content (AvgIpc) is 2.88. The van der Waals surface area contributed by atoms with Gasteiger partial charge < -0.3 is 10.4 Å². The lowest BCUT2D eigenvalue weighted by molar-refractivity contribution is -0.132. The summed E-state index contributed by atoms with van der Waals surface area (Å²) < 4.78 is 28.4. The van der Waals surface area contributed by atoms with Crippen LogP contribution in [0.15, 0.2) is 36.3 Å². The molecule has 102 valence electrons. The van der Waals surface area contributed by atoms with Crippen molar-refractivity contribution in [3.63, 3.8) is 0 Å². The van der Waals surface area contributed by atoms with Crippen LogP contribution < -0.4 is 5.32 Å². The Balaban J connectivity index is 2.17. The molecule has 2 aromatic rings. The molecule has 0 aliphatic carbocycles. The van der Waals surface area contributed by atoms with E-state index in [1.807, 2.05) is 0 Å². The van der Waals surface area contributed by atoms with Crippen molar-refractivity contribution in [3.05, 3.63) is 53.5 Å². The van der Waals surface area contributed by atoms with E-state index in [4.69, 9.17) is 5.11 Å². The van der Waals surface area contributed by atoms with Gasteiger partial charge in [-0.15, -0.1) is 0 Å². The minimum absolute atomic E-state index is 0.0167. The molecule has 0 bridgehead atoms. The Bertz CT molecular complexity index is 726. The first-order valence-corrected chi connectivity index (χ1v) is 5.63. The third-order valence-electron chi connectivity index (χ3n) is 2.91. The molecular weight excluding hydrogens is 270 g/mol. The fraction of sp³-hybridized carbons (Fsp3) is 0.0833. The minimum atomic E-state index is -1.22. The number of aliphatic carboxylic acids is 1. The van der Waals surface area contributed by atoms with Gasteiger partial charge in [0.15, 0.2) is 0 Å². The second kappa shape index (κ2) is 4.41. The number of carbonyl (C=O) groups is 1. The van der Waals surface area contributed by atoms with Gasteiger partial charge in [0.2, 0.25) is 5.95 Å². The molecule has 2 heterocycles. The standard InChI is InChI=1S/C12H8F2N4O2/c13-6-1-2-8(14)7(3-6)10-4-9(11(19)20)17-12-15-5-16-18(10)12/h1-5,10H,(H,19,20)(H,15,16,17)/t10-/m1/s1. The number of nitrogens with one attached hydrogen (secondary N) is 1. The van der Waals surface area contributed by atoms with Crippen LogP contribution in [0.4, 0.5) is 14.7 Å². The summed E-state index contributed by atoms with van der Waals surface area (Å²) in [6.07, 6.45) is 2.45. The van der Waals surface area contributed by atoms with Crippen molar-refractivity contribution in [2.75, 3.05) is 5.32 Å². The highest BCUT2D eigenvalue weighted by atomic mass is 19.1. The fourth-order valence-electron chi connectivity index (χ4n) is 2.02. The maximum absolute atomic E-state index is 13.9. The number of nitrogens with zero attached hydrogens (tertiary/aromatic N) is 3. The summed E-state index contributed by atoms with van der Waals surface area (Å²) in [5.74, 6) is -2.34. The van der Waals surface area contributed by atoms with Crippen LogP contribution in [0.3, 0.4) is 0 Å². The van der Waals surface area contributed by atoms with Crippen LogP contribution in [0.25, 0.3) is 0 Å².